The Morgan fingerprint density at radius 3 is 2.53 bits per heavy atom. The standard InChI is InChI=1S/C22H27N3O4S/c1-5-11-29-17-8-6-7-15(12-17)21(27)25-22(30)23-16-9-10-18(19(13-16)28-4)24-20(26)14(2)3/h6-10,12-14H,5,11H2,1-4H3,(H,24,26)(H2,23,25,27,30). The van der Waals surface area contributed by atoms with Crippen LogP contribution in [0.5, 0.6) is 11.5 Å². The van der Waals surface area contributed by atoms with Crippen molar-refractivity contribution >= 4 is 40.5 Å². The Morgan fingerprint density at radius 1 is 1.10 bits per heavy atom. The van der Waals surface area contributed by atoms with Crippen molar-refractivity contribution in [3.8, 4) is 11.5 Å². The van der Waals surface area contributed by atoms with Gasteiger partial charge in [-0.2, -0.15) is 0 Å². The van der Waals surface area contributed by atoms with Crippen LogP contribution >= 0.6 is 12.2 Å². The summed E-state index contributed by atoms with van der Waals surface area (Å²) in [5, 5.41) is 8.54. The molecule has 0 bridgehead atoms. The summed E-state index contributed by atoms with van der Waals surface area (Å²) >= 11 is 5.25. The number of hydrogen-bond donors (Lipinski definition) is 3. The molecule has 0 aliphatic heterocycles. The van der Waals surface area contributed by atoms with Crippen molar-refractivity contribution in [3.05, 3.63) is 48.0 Å². The van der Waals surface area contributed by atoms with E-state index in [1.54, 1.807) is 42.5 Å². The summed E-state index contributed by atoms with van der Waals surface area (Å²) in [6, 6.07) is 12.0. The van der Waals surface area contributed by atoms with Gasteiger partial charge in [-0.15, -0.1) is 0 Å². The number of benzene rings is 2. The zero-order chi connectivity index (χ0) is 22.1. The number of amides is 2. The molecule has 0 heterocycles. The fourth-order valence-electron chi connectivity index (χ4n) is 2.43. The van der Waals surface area contributed by atoms with Crippen LogP contribution in [0.1, 0.15) is 37.6 Å². The molecule has 0 aliphatic rings. The molecule has 2 rings (SSSR count). The lowest BCUT2D eigenvalue weighted by molar-refractivity contribution is -0.118. The number of hydrogen-bond acceptors (Lipinski definition) is 5. The first-order valence-electron chi connectivity index (χ1n) is 9.68. The van der Waals surface area contributed by atoms with Crippen LogP contribution in [-0.2, 0) is 4.79 Å². The first-order chi connectivity index (χ1) is 14.3. The quantitative estimate of drug-likeness (QED) is 0.545. The van der Waals surface area contributed by atoms with E-state index in [1.165, 1.54) is 7.11 Å². The highest BCUT2D eigenvalue weighted by molar-refractivity contribution is 7.80. The Morgan fingerprint density at radius 2 is 1.87 bits per heavy atom. The lowest BCUT2D eigenvalue weighted by Gasteiger charge is -2.15. The van der Waals surface area contributed by atoms with Crippen LogP contribution in [0.2, 0.25) is 0 Å². The van der Waals surface area contributed by atoms with Gasteiger partial charge < -0.3 is 20.1 Å². The fraction of sp³-hybridized carbons (Fsp3) is 0.318. The van der Waals surface area contributed by atoms with E-state index in [-0.39, 0.29) is 22.8 Å². The van der Waals surface area contributed by atoms with Crippen molar-refractivity contribution in [2.75, 3.05) is 24.4 Å². The summed E-state index contributed by atoms with van der Waals surface area (Å²) < 4.78 is 10.9. The van der Waals surface area contributed by atoms with E-state index in [0.717, 1.165) is 6.42 Å². The summed E-state index contributed by atoms with van der Waals surface area (Å²) in [7, 11) is 1.51. The Bertz CT molecular complexity index is 915. The Balaban J connectivity index is 2.02. The van der Waals surface area contributed by atoms with Crippen LogP contribution < -0.4 is 25.4 Å². The number of ether oxygens (including phenoxy) is 2. The van der Waals surface area contributed by atoms with Crippen molar-refractivity contribution in [2.45, 2.75) is 27.2 Å². The minimum atomic E-state index is -0.345. The first kappa shape index (κ1) is 23.2. The molecule has 7 nitrogen and oxygen atoms in total. The zero-order valence-electron chi connectivity index (χ0n) is 17.6. The van der Waals surface area contributed by atoms with E-state index in [2.05, 4.69) is 16.0 Å². The molecule has 0 aliphatic carbocycles. The maximum Gasteiger partial charge on any atom is 0.257 e. The minimum absolute atomic E-state index is 0.109. The molecule has 2 amide bonds. The van der Waals surface area contributed by atoms with Crippen LogP contribution in [0, 0.1) is 5.92 Å². The number of carbonyl (C=O) groups excluding carboxylic acids is 2. The van der Waals surface area contributed by atoms with Gasteiger partial charge in [-0.3, -0.25) is 14.9 Å². The second kappa shape index (κ2) is 11.2. The summed E-state index contributed by atoms with van der Waals surface area (Å²) in [4.78, 5) is 24.4. The van der Waals surface area contributed by atoms with E-state index >= 15 is 0 Å². The largest absolute Gasteiger partial charge is 0.494 e. The van der Waals surface area contributed by atoms with Crippen molar-refractivity contribution in [1.82, 2.24) is 5.32 Å². The van der Waals surface area contributed by atoms with Gasteiger partial charge in [0.2, 0.25) is 5.91 Å². The monoisotopic (exact) mass is 429 g/mol. The molecule has 0 aromatic heterocycles. The average Bonchev–Trinajstić information content (AvgIpc) is 2.73. The third-order valence-electron chi connectivity index (χ3n) is 4.04. The Kier molecular flexibility index (Phi) is 8.61. The SMILES string of the molecule is CCCOc1cccc(C(=O)NC(=S)Nc2ccc(NC(=O)C(C)C)c(OC)c2)c1. The highest BCUT2D eigenvalue weighted by atomic mass is 32.1. The molecular weight excluding hydrogens is 402 g/mol. The molecule has 0 spiro atoms. The van der Waals surface area contributed by atoms with Gasteiger partial charge in [-0.25, -0.2) is 0 Å². The van der Waals surface area contributed by atoms with Crippen LogP contribution in [0.4, 0.5) is 11.4 Å². The second-order valence-electron chi connectivity index (χ2n) is 6.84. The van der Waals surface area contributed by atoms with Gasteiger partial charge in [0, 0.05) is 23.2 Å². The lowest BCUT2D eigenvalue weighted by atomic mass is 10.2. The number of rotatable bonds is 8. The van der Waals surface area contributed by atoms with Gasteiger partial charge in [-0.1, -0.05) is 26.8 Å². The van der Waals surface area contributed by atoms with E-state index in [0.29, 0.717) is 35.0 Å². The average molecular weight is 430 g/mol. The molecule has 0 saturated heterocycles. The van der Waals surface area contributed by atoms with Gasteiger partial charge in [0.1, 0.15) is 11.5 Å². The molecule has 0 atom stereocenters. The summed E-state index contributed by atoms with van der Waals surface area (Å²) in [6.45, 7) is 6.22. The molecule has 2 aromatic carbocycles. The predicted molar refractivity (Wildman–Crippen MR) is 122 cm³/mol. The van der Waals surface area contributed by atoms with Gasteiger partial charge in [-0.05, 0) is 49.0 Å². The molecule has 0 radical (unpaired) electrons. The molecule has 0 fully saturated rings. The van der Waals surface area contributed by atoms with Crippen LogP contribution in [0.3, 0.4) is 0 Å². The van der Waals surface area contributed by atoms with Gasteiger partial charge in [0.25, 0.3) is 5.91 Å². The van der Waals surface area contributed by atoms with Crippen LogP contribution in [0.25, 0.3) is 0 Å². The first-order valence-corrected chi connectivity index (χ1v) is 10.1. The van der Waals surface area contributed by atoms with Crippen molar-refractivity contribution in [1.29, 1.82) is 0 Å². The van der Waals surface area contributed by atoms with Crippen molar-refractivity contribution in [2.24, 2.45) is 5.92 Å². The minimum Gasteiger partial charge on any atom is -0.494 e. The lowest BCUT2D eigenvalue weighted by Crippen LogP contribution is -2.34. The zero-order valence-corrected chi connectivity index (χ0v) is 18.4. The molecule has 0 unspecified atom stereocenters. The number of thiocarbonyl (C=S) groups is 1. The maximum atomic E-state index is 12.5. The van der Waals surface area contributed by atoms with E-state index in [1.807, 2.05) is 20.8 Å². The van der Waals surface area contributed by atoms with E-state index < -0.39 is 0 Å². The topological polar surface area (TPSA) is 88.7 Å². The third-order valence-corrected chi connectivity index (χ3v) is 4.24. The maximum absolute atomic E-state index is 12.5. The van der Waals surface area contributed by atoms with Gasteiger partial charge in [0.05, 0.1) is 19.4 Å². The fourth-order valence-corrected chi connectivity index (χ4v) is 2.64. The number of anilines is 2. The summed E-state index contributed by atoms with van der Waals surface area (Å²) in [5.74, 6) is 0.501. The van der Waals surface area contributed by atoms with Gasteiger partial charge in [0.15, 0.2) is 5.11 Å². The Labute approximate surface area is 182 Å². The molecule has 2 aromatic rings. The molecule has 30 heavy (non-hydrogen) atoms. The smallest absolute Gasteiger partial charge is 0.257 e. The molecule has 8 heteroatoms. The summed E-state index contributed by atoms with van der Waals surface area (Å²) in [6.07, 6.45) is 0.883. The normalized spacial score (nSPS) is 10.3. The van der Waals surface area contributed by atoms with Crippen molar-refractivity contribution in [3.63, 3.8) is 0 Å². The number of carbonyl (C=O) groups is 2. The molecule has 3 N–H and O–H groups in total. The highest BCUT2D eigenvalue weighted by Crippen LogP contribution is 2.28. The number of methoxy groups -OCH3 is 1. The highest BCUT2D eigenvalue weighted by Gasteiger charge is 2.13. The number of nitrogens with one attached hydrogen (secondary N) is 3. The van der Waals surface area contributed by atoms with Crippen LogP contribution in [0.15, 0.2) is 42.5 Å². The molecule has 160 valence electrons. The van der Waals surface area contributed by atoms with Gasteiger partial charge >= 0.3 is 0 Å². The molecular formula is C22H27N3O4S. The summed E-state index contributed by atoms with van der Waals surface area (Å²) in [5.41, 5.74) is 1.61. The van der Waals surface area contributed by atoms with E-state index in [9.17, 15) is 9.59 Å². The molecule has 0 saturated carbocycles. The van der Waals surface area contributed by atoms with Crippen LogP contribution in [-0.4, -0.2) is 30.6 Å². The van der Waals surface area contributed by atoms with E-state index in [4.69, 9.17) is 21.7 Å². The third kappa shape index (κ3) is 6.73. The van der Waals surface area contributed by atoms with Crippen molar-refractivity contribution < 1.29 is 19.1 Å². The second-order valence-corrected chi connectivity index (χ2v) is 7.25. The Hall–Kier alpha value is -3.13. The predicted octanol–water partition coefficient (Wildman–Crippen LogP) is 4.21.